The van der Waals surface area contributed by atoms with Crippen molar-refractivity contribution in [3.63, 3.8) is 0 Å². The van der Waals surface area contributed by atoms with E-state index in [0.29, 0.717) is 12.8 Å². The van der Waals surface area contributed by atoms with E-state index in [1.54, 1.807) is 0 Å². The van der Waals surface area contributed by atoms with Gasteiger partial charge in [-0.2, -0.15) is 5.26 Å². The fraction of sp³-hybridized carbons (Fsp3) is 0.833. The molecule has 2 N–H and O–H groups in total. The summed E-state index contributed by atoms with van der Waals surface area (Å²) in [5.41, 5.74) is 5.18. The summed E-state index contributed by atoms with van der Waals surface area (Å²) < 4.78 is 0. The van der Waals surface area contributed by atoms with Crippen molar-refractivity contribution in [2.45, 2.75) is 45.1 Å². The van der Waals surface area contributed by atoms with Gasteiger partial charge in [-0.25, -0.2) is 0 Å². The van der Waals surface area contributed by atoms with Gasteiger partial charge in [0.05, 0.1) is 6.07 Å². The van der Waals surface area contributed by atoms with Gasteiger partial charge in [0.1, 0.15) is 5.54 Å². The Morgan fingerprint density at radius 1 is 1.44 bits per heavy atom. The van der Waals surface area contributed by atoms with Crippen LogP contribution in [0.1, 0.15) is 39.5 Å². The molecular formula is C12H21N3O. The lowest BCUT2D eigenvalue weighted by Gasteiger charge is -2.33. The fourth-order valence-corrected chi connectivity index (χ4v) is 2.29. The Morgan fingerprint density at radius 2 is 1.94 bits per heavy atom. The van der Waals surface area contributed by atoms with Gasteiger partial charge >= 0.3 is 0 Å². The second kappa shape index (κ2) is 5.31. The van der Waals surface area contributed by atoms with Crippen molar-refractivity contribution in [1.29, 1.82) is 5.26 Å². The first-order valence-electron chi connectivity index (χ1n) is 6.05. The Labute approximate surface area is 97.4 Å². The molecule has 0 radical (unpaired) electrons. The largest absolute Gasteiger partial charge is 0.343 e. The van der Waals surface area contributed by atoms with Crippen LogP contribution in [0.4, 0.5) is 0 Å². The van der Waals surface area contributed by atoms with Crippen molar-refractivity contribution in [3.05, 3.63) is 0 Å². The summed E-state index contributed by atoms with van der Waals surface area (Å²) in [7, 11) is 0. The van der Waals surface area contributed by atoms with Gasteiger partial charge in [0.25, 0.3) is 0 Å². The molecule has 0 unspecified atom stereocenters. The first-order chi connectivity index (χ1) is 7.56. The predicted octanol–water partition coefficient (Wildman–Crippen LogP) is 1.27. The standard InChI is InChI=1S/C12H21N3O/c1-3-15(4-2)11(16)10-5-7-12(14,9-13)8-6-10/h10H,3-8,14H2,1-2H3. The van der Waals surface area contributed by atoms with E-state index < -0.39 is 5.54 Å². The summed E-state index contributed by atoms with van der Waals surface area (Å²) in [6.07, 6.45) is 2.78. The molecule has 4 nitrogen and oxygen atoms in total. The zero-order valence-electron chi connectivity index (χ0n) is 10.2. The van der Waals surface area contributed by atoms with Crippen molar-refractivity contribution in [2.24, 2.45) is 11.7 Å². The Balaban J connectivity index is 2.54. The summed E-state index contributed by atoms with van der Waals surface area (Å²) in [4.78, 5) is 13.9. The SMILES string of the molecule is CCN(CC)C(=O)C1CCC(N)(C#N)CC1. The van der Waals surface area contributed by atoms with Gasteiger partial charge in [0.15, 0.2) is 0 Å². The van der Waals surface area contributed by atoms with E-state index in [0.717, 1.165) is 25.9 Å². The molecule has 0 heterocycles. The summed E-state index contributed by atoms with van der Waals surface area (Å²) in [6, 6.07) is 2.15. The lowest BCUT2D eigenvalue weighted by Crippen LogP contribution is -2.45. The van der Waals surface area contributed by atoms with Gasteiger partial charge in [0.2, 0.25) is 5.91 Å². The Bertz CT molecular complexity index is 283. The molecule has 0 aliphatic heterocycles. The molecule has 4 heteroatoms. The summed E-state index contributed by atoms with van der Waals surface area (Å²) in [5, 5.41) is 8.91. The molecular weight excluding hydrogens is 202 g/mol. The first kappa shape index (κ1) is 13.0. The molecule has 0 spiro atoms. The number of hydrogen-bond donors (Lipinski definition) is 1. The number of rotatable bonds is 3. The molecule has 0 aromatic carbocycles. The van der Waals surface area contributed by atoms with Crippen molar-refractivity contribution in [1.82, 2.24) is 4.90 Å². The zero-order chi connectivity index (χ0) is 12.2. The maximum absolute atomic E-state index is 12.1. The number of nitrogens with two attached hydrogens (primary N) is 1. The third kappa shape index (κ3) is 2.73. The Hall–Kier alpha value is -1.08. The molecule has 1 amide bonds. The van der Waals surface area contributed by atoms with Gasteiger partial charge in [0, 0.05) is 19.0 Å². The number of nitriles is 1. The van der Waals surface area contributed by atoms with Gasteiger partial charge < -0.3 is 10.6 Å². The Morgan fingerprint density at radius 3 is 2.31 bits per heavy atom. The monoisotopic (exact) mass is 223 g/mol. The smallest absolute Gasteiger partial charge is 0.225 e. The van der Waals surface area contributed by atoms with Gasteiger partial charge in [-0.1, -0.05) is 0 Å². The molecule has 0 bridgehead atoms. The lowest BCUT2D eigenvalue weighted by atomic mass is 9.77. The van der Waals surface area contributed by atoms with Crippen LogP contribution in [0.25, 0.3) is 0 Å². The van der Waals surface area contributed by atoms with E-state index in [1.807, 2.05) is 18.7 Å². The highest BCUT2D eigenvalue weighted by Gasteiger charge is 2.35. The molecule has 1 aliphatic carbocycles. The molecule has 16 heavy (non-hydrogen) atoms. The van der Waals surface area contributed by atoms with Crippen LogP contribution in [0.3, 0.4) is 0 Å². The van der Waals surface area contributed by atoms with E-state index in [2.05, 4.69) is 6.07 Å². The molecule has 1 saturated carbocycles. The first-order valence-corrected chi connectivity index (χ1v) is 6.05. The topological polar surface area (TPSA) is 70.1 Å². The molecule has 0 atom stereocenters. The number of nitrogens with zero attached hydrogens (tertiary/aromatic N) is 2. The number of amides is 1. The second-order valence-corrected chi connectivity index (χ2v) is 4.55. The van der Waals surface area contributed by atoms with E-state index in [-0.39, 0.29) is 11.8 Å². The normalized spacial score (nSPS) is 29.5. The highest BCUT2D eigenvalue weighted by Crippen LogP contribution is 2.31. The van der Waals surface area contributed by atoms with Crippen LogP contribution in [-0.4, -0.2) is 29.4 Å². The van der Waals surface area contributed by atoms with Crippen molar-refractivity contribution in [2.75, 3.05) is 13.1 Å². The second-order valence-electron chi connectivity index (χ2n) is 4.55. The number of carbonyl (C=O) groups is 1. The van der Waals surface area contributed by atoms with Crippen LogP contribution in [0.15, 0.2) is 0 Å². The molecule has 1 fully saturated rings. The fourth-order valence-electron chi connectivity index (χ4n) is 2.29. The third-order valence-electron chi connectivity index (χ3n) is 3.52. The van der Waals surface area contributed by atoms with Gasteiger partial charge in [-0.05, 0) is 39.5 Å². The molecule has 0 aromatic rings. The maximum Gasteiger partial charge on any atom is 0.225 e. The molecule has 90 valence electrons. The Kier molecular flexibility index (Phi) is 4.31. The predicted molar refractivity (Wildman–Crippen MR) is 62.4 cm³/mol. The molecule has 1 rings (SSSR count). The van der Waals surface area contributed by atoms with Crippen molar-refractivity contribution in [3.8, 4) is 6.07 Å². The van der Waals surface area contributed by atoms with Crippen LogP contribution in [-0.2, 0) is 4.79 Å². The third-order valence-corrected chi connectivity index (χ3v) is 3.52. The van der Waals surface area contributed by atoms with Crippen LogP contribution in [0.5, 0.6) is 0 Å². The minimum atomic E-state index is -0.694. The molecule has 0 saturated heterocycles. The number of hydrogen-bond acceptors (Lipinski definition) is 3. The molecule has 1 aliphatic rings. The average molecular weight is 223 g/mol. The number of carbonyl (C=O) groups excluding carboxylic acids is 1. The van der Waals surface area contributed by atoms with E-state index >= 15 is 0 Å². The van der Waals surface area contributed by atoms with E-state index in [9.17, 15) is 4.79 Å². The highest BCUT2D eigenvalue weighted by molar-refractivity contribution is 5.78. The average Bonchev–Trinajstić information content (AvgIpc) is 2.31. The summed E-state index contributed by atoms with van der Waals surface area (Å²) in [6.45, 7) is 5.51. The minimum absolute atomic E-state index is 0.0740. The van der Waals surface area contributed by atoms with E-state index in [1.165, 1.54) is 0 Å². The highest BCUT2D eigenvalue weighted by atomic mass is 16.2. The zero-order valence-corrected chi connectivity index (χ0v) is 10.2. The molecule has 0 aromatic heterocycles. The van der Waals surface area contributed by atoms with Gasteiger partial charge in [-0.3, -0.25) is 4.79 Å². The minimum Gasteiger partial charge on any atom is -0.343 e. The van der Waals surface area contributed by atoms with E-state index in [4.69, 9.17) is 11.0 Å². The van der Waals surface area contributed by atoms with Crippen LogP contribution in [0.2, 0.25) is 0 Å². The summed E-state index contributed by atoms with van der Waals surface area (Å²) in [5.74, 6) is 0.301. The van der Waals surface area contributed by atoms with Gasteiger partial charge in [-0.15, -0.1) is 0 Å². The quantitative estimate of drug-likeness (QED) is 0.783. The summed E-state index contributed by atoms with van der Waals surface area (Å²) >= 11 is 0. The van der Waals surface area contributed by atoms with Crippen LogP contribution >= 0.6 is 0 Å². The van der Waals surface area contributed by atoms with Crippen molar-refractivity contribution < 1.29 is 4.79 Å². The lowest BCUT2D eigenvalue weighted by molar-refractivity contribution is -0.136. The maximum atomic E-state index is 12.1. The van der Waals surface area contributed by atoms with Crippen LogP contribution in [0, 0.1) is 17.2 Å². The van der Waals surface area contributed by atoms with Crippen LogP contribution < -0.4 is 5.73 Å². The van der Waals surface area contributed by atoms with Crippen molar-refractivity contribution >= 4 is 5.91 Å².